The van der Waals surface area contributed by atoms with Crippen LogP contribution in [0.15, 0.2) is 24.3 Å². The second-order valence-electron chi connectivity index (χ2n) is 3.80. The van der Waals surface area contributed by atoms with Crippen LogP contribution in [0, 0.1) is 0 Å². The van der Waals surface area contributed by atoms with E-state index in [4.69, 9.17) is 10.2 Å². The largest absolute Gasteiger partial charge is 0.481 e. The lowest BCUT2D eigenvalue weighted by Gasteiger charge is -2.17. The van der Waals surface area contributed by atoms with Gasteiger partial charge in [-0.1, -0.05) is 18.2 Å². The molecule has 1 rings (SSSR count). The molecule has 0 saturated carbocycles. The third kappa shape index (κ3) is 4.06. The Hall–Kier alpha value is -2.08. The first-order chi connectivity index (χ1) is 8.54. The van der Waals surface area contributed by atoms with Crippen molar-refractivity contribution in [3.05, 3.63) is 29.8 Å². The van der Waals surface area contributed by atoms with Gasteiger partial charge in [-0.15, -0.1) is 0 Å². The molecule has 0 aromatic heterocycles. The van der Waals surface area contributed by atoms with Crippen LogP contribution in [0.5, 0.6) is 0 Å². The SMILES string of the molecule is CN(CCO)C(=O)Nc1ccccc1CC(=O)O. The highest BCUT2D eigenvalue weighted by Gasteiger charge is 2.11. The van der Waals surface area contributed by atoms with Gasteiger partial charge >= 0.3 is 12.0 Å². The molecule has 0 aliphatic heterocycles. The summed E-state index contributed by atoms with van der Waals surface area (Å²) in [5.41, 5.74) is 1.01. The van der Waals surface area contributed by atoms with E-state index in [-0.39, 0.29) is 25.6 Å². The van der Waals surface area contributed by atoms with E-state index in [2.05, 4.69) is 5.32 Å². The maximum Gasteiger partial charge on any atom is 0.321 e. The molecule has 0 radical (unpaired) electrons. The summed E-state index contributed by atoms with van der Waals surface area (Å²) in [5.74, 6) is -0.958. The molecule has 98 valence electrons. The third-order valence-electron chi connectivity index (χ3n) is 2.38. The Morgan fingerprint density at radius 2 is 2.00 bits per heavy atom. The van der Waals surface area contributed by atoms with E-state index >= 15 is 0 Å². The molecular formula is C12H16N2O4. The van der Waals surface area contributed by atoms with Crippen molar-refractivity contribution >= 4 is 17.7 Å². The molecule has 0 heterocycles. The van der Waals surface area contributed by atoms with Gasteiger partial charge in [-0.3, -0.25) is 4.79 Å². The van der Waals surface area contributed by atoms with Gasteiger partial charge in [0, 0.05) is 19.3 Å². The van der Waals surface area contributed by atoms with Crippen LogP contribution >= 0.6 is 0 Å². The highest BCUT2D eigenvalue weighted by molar-refractivity contribution is 5.90. The van der Waals surface area contributed by atoms with E-state index in [1.807, 2.05) is 0 Å². The normalized spacial score (nSPS) is 9.89. The molecule has 6 heteroatoms. The third-order valence-corrected chi connectivity index (χ3v) is 2.38. The van der Waals surface area contributed by atoms with Crippen LogP contribution in [0.25, 0.3) is 0 Å². The Kier molecular flexibility index (Phi) is 5.13. The van der Waals surface area contributed by atoms with E-state index < -0.39 is 5.97 Å². The fourth-order valence-corrected chi connectivity index (χ4v) is 1.42. The first-order valence-electron chi connectivity index (χ1n) is 5.47. The van der Waals surface area contributed by atoms with Crippen molar-refractivity contribution in [2.45, 2.75) is 6.42 Å². The number of carbonyl (C=O) groups excluding carboxylic acids is 1. The zero-order valence-electron chi connectivity index (χ0n) is 10.1. The number of urea groups is 1. The number of hydrogen-bond donors (Lipinski definition) is 3. The van der Waals surface area contributed by atoms with Crippen molar-refractivity contribution in [3.8, 4) is 0 Å². The summed E-state index contributed by atoms with van der Waals surface area (Å²) < 4.78 is 0. The van der Waals surface area contributed by atoms with Crippen molar-refractivity contribution in [2.75, 3.05) is 25.5 Å². The molecule has 1 aromatic rings. The molecule has 0 aliphatic rings. The number of benzene rings is 1. The molecule has 0 fully saturated rings. The minimum atomic E-state index is -0.958. The molecule has 6 nitrogen and oxygen atoms in total. The first-order valence-corrected chi connectivity index (χ1v) is 5.47. The number of para-hydroxylation sites is 1. The number of aliphatic hydroxyl groups excluding tert-OH is 1. The molecule has 0 atom stereocenters. The van der Waals surface area contributed by atoms with E-state index in [0.717, 1.165) is 0 Å². The quantitative estimate of drug-likeness (QED) is 0.722. The van der Waals surface area contributed by atoms with Gasteiger partial charge in [-0.25, -0.2) is 4.79 Å². The molecule has 0 aliphatic carbocycles. The predicted molar refractivity (Wildman–Crippen MR) is 66.5 cm³/mol. The van der Waals surface area contributed by atoms with Crippen molar-refractivity contribution in [1.82, 2.24) is 4.90 Å². The van der Waals surface area contributed by atoms with Crippen LogP contribution in [0.3, 0.4) is 0 Å². The minimum absolute atomic E-state index is 0.124. The van der Waals surface area contributed by atoms with Gasteiger partial charge in [0.2, 0.25) is 0 Å². The van der Waals surface area contributed by atoms with Crippen molar-refractivity contribution in [1.29, 1.82) is 0 Å². The summed E-state index contributed by atoms with van der Waals surface area (Å²) in [6, 6.07) is 6.33. The number of hydrogen-bond acceptors (Lipinski definition) is 3. The van der Waals surface area contributed by atoms with Crippen molar-refractivity contribution < 1.29 is 19.8 Å². The number of nitrogens with zero attached hydrogens (tertiary/aromatic N) is 1. The van der Waals surface area contributed by atoms with Gasteiger partial charge < -0.3 is 20.4 Å². The lowest BCUT2D eigenvalue weighted by atomic mass is 10.1. The Morgan fingerprint density at radius 1 is 1.33 bits per heavy atom. The Balaban J connectivity index is 2.77. The van der Waals surface area contributed by atoms with Crippen LogP contribution in [-0.2, 0) is 11.2 Å². The lowest BCUT2D eigenvalue weighted by Crippen LogP contribution is -2.33. The monoisotopic (exact) mass is 252 g/mol. The fraction of sp³-hybridized carbons (Fsp3) is 0.333. The standard InChI is InChI=1S/C12H16N2O4/c1-14(6-7-15)12(18)13-10-5-3-2-4-9(10)8-11(16)17/h2-5,15H,6-8H2,1H3,(H,13,18)(H,16,17). The van der Waals surface area contributed by atoms with E-state index in [9.17, 15) is 9.59 Å². The number of rotatable bonds is 5. The molecule has 0 unspecified atom stereocenters. The first kappa shape index (κ1) is 14.0. The zero-order valence-corrected chi connectivity index (χ0v) is 10.1. The number of carboxylic acid groups (broad SMARTS) is 1. The second kappa shape index (κ2) is 6.61. The molecule has 2 amide bonds. The van der Waals surface area contributed by atoms with Crippen LogP contribution in [0.2, 0.25) is 0 Å². The Bertz CT molecular complexity index is 434. The lowest BCUT2D eigenvalue weighted by molar-refractivity contribution is -0.136. The smallest absolute Gasteiger partial charge is 0.321 e. The molecular weight excluding hydrogens is 236 g/mol. The van der Waals surface area contributed by atoms with Gasteiger partial charge in [-0.2, -0.15) is 0 Å². The summed E-state index contributed by atoms with van der Waals surface area (Å²) in [6.45, 7) is 0.0909. The van der Waals surface area contributed by atoms with Crippen LogP contribution in [0.1, 0.15) is 5.56 Å². The van der Waals surface area contributed by atoms with Crippen LogP contribution in [0.4, 0.5) is 10.5 Å². The molecule has 0 spiro atoms. The maximum atomic E-state index is 11.7. The predicted octanol–water partition coefficient (Wildman–Crippen LogP) is 0.770. The van der Waals surface area contributed by atoms with Gasteiger partial charge in [0.1, 0.15) is 0 Å². The number of amides is 2. The van der Waals surface area contributed by atoms with Gasteiger partial charge in [0.15, 0.2) is 0 Å². The number of carboxylic acids is 1. The summed E-state index contributed by atoms with van der Waals surface area (Å²) in [4.78, 5) is 23.7. The van der Waals surface area contributed by atoms with Crippen LogP contribution < -0.4 is 5.32 Å². The minimum Gasteiger partial charge on any atom is -0.481 e. The number of nitrogens with one attached hydrogen (secondary N) is 1. The highest BCUT2D eigenvalue weighted by atomic mass is 16.4. The van der Waals surface area contributed by atoms with E-state index in [0.29, 0.717) is 11.3 Å². The van der Waals surface area contributed by atoms with Gasteiger partial charge in [-0.05, 0) is 11.6 Å². The van der Waals surface area contributed by atoms with E-state index in [1.165, 1.54) is 4.90 Å². The summed E-state index contributed by atoms with van der Waals surface area (Å²) in [5, 5.41) is 20.1. The molecule has 1 aromatic carbocycles. The highest BCUT2D eigenvalue weighted by Crippen LogP contribution is 2.16. The van der Waals surface area contributed by atoms with Crippen molar-refractivity contribution in [2.24, 2.45) is 0 Å². The van der Waals surface area contributed by atoms with Crippen molar-refractivity contribution in [3.63, 3.8) is 0 Å². The number of carbonyl (C=O) groups is 2. The number of aliphatic carboxylic acids is 1. The number of aliphatic hydroxyl groups is 1. The topological polar surface area (TPSA) is 89.9 Å². The number of likely N-dealkylation sites (N-methyl/N-ethyl adjacent to an activating group) is 1. The molecule has 0 saturated heterocycles. The zero-order chi connectivity index (χ0) is 13.5. The van der Waals surface area contributed by atoms with Crippen LogP contribution in [-0.4, -0.2) is 47.3 Å². The average molecular weight is 252 g/mol. The molecule has 18 heavy (non-hydrogen) atoms. The summed E-state index contributed by atoms with van der Waals surface area (Å²) >= 11 is 0. The number of anilines is 1. The maximum absolute atomic E-state index is 11.7. The molecule has 0 bridgehead atoms. The second-order valence-corrected chi connectivity index (χ2v) is 3.80. The Morgan fingerprint density at radius 3 is 2.61 bits per heavy atom. The van der Waals surface area contributed by atoms with E-state index in [1.54, 1.807) is 31.3 Å². The summed E-state index contributed by atoms with van der Waals surface area (Å²) in [7, 11) is 1.55. The van der Waals surface area contributed by atoms with Gasteiger partial charge in [0.25, 0.3) is 0 Å². The average Bonchev–Trinajstić information content (AvgIpc) is 2.31. The van der Waals surface area contributed by atoms with Gasteiger partial charge in [0.05, 0.1) is 13.0 Å². The summed E-state index contributed by atoms with van der Waals surface area (Å²) in [6.07, 6.45) is -0.153. The fourth-order valence-electron chi connectivity index (χ4n) is 1.42. The Labute approximate surface area is 105 Å². The molecule has 3 N–H and O–H groups in total.